The van der Waals surface area contributed by atoms with E-state index in [1.807, 2.05) is 4.57 Å². The number of hydrogen-bond donors (Lipinski definition) is 0. The van der Waals surface area contributed by atoms with E-state index in [1.54, 1.807) is 7.11 Å². The molecule has 0 fully saturated rings. The Bertz CT molecular complexity index is 342. The van der Waals surface area contributed by atoms with Crippen molar-refractivity contribution >= 4 is 11.6 Å². The predicted molar refractivity (Wildman–Crippen MR) is 71.1 cm³/mol. The van der Waals surface area contributed by atoms with E-state index in [4.69, 9.17) is 21.1 Å². The summed E-state index contributed by atoms with van der Waals surface area (Å²) in [5, 5.41) is 8.47. The summed E-state index contributed by atoms with van der Waals surface area (Å²) < 4.78 is 12.3. The molecule has 104 valence electrons. The van der Waals surface area contributed by atoms with E-state index in [0.717, 1.165) is 31.8 Å². The summed E-state index contributed by atoms with van der Waals surface area (Å²) in [6.07, 6.45) is 2.00. The van der Waals surface area contributed by atoms with E-state index in [2.05, 4.69) is 24.0 Å². The topological polar surface area (TPSA) is 49.2 Å². The molecule has 0 aliphatic rings. The molecule has 5 nitrogen and oxygen atoms in total. The van der Waals surface area contributed by atoms with Crippen molar-refractivity contribution < 1.29 is 9.47 Å². The minimum Gasteiger partial charge on any atom is -0.382 e. The minimum absolute atomic E-state index is 0.336. The van der Waals surface area contributed by atoms with Crippen LogP contribution in [0.5, 0.6) is 0 Å². The van der Waals surface area contributed by atoms with Gasteiger partial charge in [0.1, 0.15) is 5.82 Å². The standard InChI is InChI=1S/C12H22ClN3O2/c1-10(2)11-14-15-12(13)16(11)6-4-5-7-18-9-8-17-3/h10H,4-9H2,1-3H3. The number of halogens is 1. The largest absolute Gasteiger partial charge is 0.382 e. The highest BCUT2D eigenvalue weighted by Crippen LogP contribution is 2.17. The Balaban J connectivity index is 2.24. The van der Waals surface area contributed by atoms with Crippen LogP contribution in [0.1, 0.15) is 38.4 Å². The van der Waals surface area contributed by atoms with Gasteiger partial charge in [0.25, 0.3) is 0 Å². The van der Waals surface area contributed by atoms with Gasteiger partial charge in [0.05, 0.1) is 13.2 Å². The lowest BCUT2D eigenvalue weighted by Crippen LogP contribution is -2.08. The second-order valence-corrected chi connectivity index (χ2v) is 4.78. The van der Waals surface area contributed by atoms with Gasteiger partial charge >= 0.3 is 0 Å². The highest BCUT2D eigenvalue weighted by atomic mass is 35.5. The van der Waals surface area contributed by atoms with Gasteiger partial charge in [-0.25, -0.2) is 0 Å². The number of methoxy groups -OCH3 is 1. The summed E-state index contributed by atoms with van der Waals surface area (Å²) in [6.45, 7) is 7.07. The molecule has 0 saturated heterocycles. The van der Waals surface area contributed by atoms with Gasteiger partial charge in [0.15, 0.2) is 0 Å². The van der Waals surface area contributed by atoms with Crippen molar-refractivity contribution in [3.05, 3.63) is 11.1 Å². The molecule has 0 unspecified atom stereocenters. The summed E-state index contributed by atoms with van der Waals surface area (Å²) in [7, 11) is 1.67. The van der Waals surface area contributed by atoms with Gasteiger partial charge in [-0.05, 0) is 24.4 Å². The number of hydrogen-bond acceptors (Lipinski definition) is 4. The molecule has 0 amide bonds. The third kappa shape index (κ3) is 4.92. The Morgan fingerprint density at radius 3 is 2.61 bits per heavy atom. The van der Waals surface area contributed by atoms with E-state index in [9.17, 15) is 0 Å². The van der Waals surface area contributed by atoms with Crippen LogP contribution in [0.3, 0.4) is 0 Å². The fraction of sp³-hybridized carbons (Fsp3) is 0.833. The van der Waals surface area contributed by atoms with E-state index < -0.39 is 0 Å². The molecule has 1 aromatic heterocycles. The van der Waals surface area contributed by atoms with Crippen LogP contribution in [0.2, 0.25) is 5.28 Å². The van der Waals surface area contributed by atoms with Crippen LogP contribution >= 0.6 is 11.6 Å². The maximum Gasteiger partial charge on any atom is 0.225 e. The van der Waals surface area contributed by atoms with Gasteiger partial charge < -0.3 is 14.0 Å². The lowest BCUT2D eigenvalue weighted by Gasteiger charge is -2.09. The molecule has 1 aromatic rings. The van der Waals surface area contributed by atoms with Gasteiger partial charge in [0.2, 0.25) is 5.28 Å². The maximum absolute atomic E-state index is 6.01. The Labute approximate surface area is 113 Å². The summed E-state index contributed by atoms with van der Waals surface area (Å²) in [5.41, 5.74) is 0. The van der Waals surface area contributed by atoms with E-state index in [0.29, 0.717) is 24.4 Å². The SMILES string of the molecule is COCCOCCCCn1c(Cl)nnc1C(C)C. The number of ether oxygens (including phenoxy) is 2. The lowest BCUT2D eigenvalue weighted by molar-refractivity contribution is 0.0684. The molecular weight excluding hydrogens is 254 g/mol. The first kappa shape index (κ1) is 15.4. The second-order valence-electron chi connectivity index (χ2n) is 4.45. The first-order valence-electron chi connectivity index (χ1n) is 6.32. The van der Waals surface area contributed by atoms with Crippen molar-refractivity contribution in [2.24, 2.45) is 0 Å². The predicted octanol–water partition coefficient (Wildman–Crippen LogP) is 2.50. The first-order chi connectivity index (χ1) is 8.66. The smallest absolute Gasteiger partial charge is 0.225 e. The van der Waals surface area contributed by atoms with Crippen LogP contribution in [0.25, 0.3) is 0 Å². The number of nitrogens with zero attached hydrogens (tertiary/aromatic N) is 3. The van der Waals surface area contributed by atoms with Crippen LogP contribution in [0, 0.1) is 0 Å². The molecule has 18 heavy (non-hydrogen) atoms. The Hall–Kier alpha value is -0.650. The van der Waals surface area contributed by atoms with Crippen LogP contribution in [0.4, 0.5) is 0 Å². The van der Waals surface area contributed by atoms with Crippen LogP contribution < -0.4 is 0 Å². The minimum atomic E-state index is 0.336. The maximum atomic E-state index is 6.01. The quantitative estimate of drug-likeness (QED) is 0.650. The monoisotopic (exact) mass is 275 g/mol. The zero-order chi connectivity index (χ0) is 13.4. The van der Waals surface area contributed by atoms with E-state index >= 15 is 0 Å². The molecule has 0 aliphatic heterocycles. The summed E-state index contributed by atoms with van der Waals surface area (Å²) in [6, 6.07) is 0. The van der Waals surface area contributed by atoms with Crippen LogP contribution in [0.15, 0.2) is 0 Å². The molecule has 0 aliphatic carbocycles. The van der Waals surface area contributed by atoms with Crippen molar-refractivity contribution in [2.75, 3.05) is 26.9 Å². The molecule has 0 radical (unpaired) electrons. The lowest BCUT2D eigenvalue weighted by atomic mass is 10.2. The van der Waals surface area contributed by atoms with Crippen molar-refractivity contribution in [2.45, 2.75) is 39.2 Å². The molecule has 1 rings (SSSR count). The van der Waals surface area contributed by atoms with Crippen molar-refractivity contribution in [3.63, 3.8) is 0 Å². The molecule has 0 saturated carbocycles. The normalized spacial score (nSPS) is 11.4. The number of unbranched alkanes of at least 4 members (excludes halogenated alkanes) is 1. The molecular formula is C12H22ClN3O2. The molecule has 1 heterocycles. The fourth-order valence-corrected chi connectivity index (χ4v) is 1.86. The average Bonchev–Trinajstić information content (AvgIpc) is 2.70. The molecule has 0 spiro atoms. The second kappa shape index (κ2) is 8.45. The third-order valence-corrected chi connectivity index (χ3v) is 2.88. The zero-order valence-electron chi connectivity index (χ0n) is 11.4. The summed E-state index contributed by atoms with van der Waals surface area (Å²) >= 11 is 6.01. The van der Waals surface area contributed by atoms with Gasteiger partial charge in [0, 0.05) is 26.2 Å². The molecule has 0 atom stereocenters. The van der Waals surface area contributed by atoms with E-state index in [1.165, 1.54) is 0 Å². The Kier molecular flexibility index (Phi) is 7.23. The van der Waals surface area contributed by atoms with Crippen molar-refractivity contribution in [1.29, 1.82) is 0 Å². The first-order valence-corrected chi connectivity index (χ1v) is 6.70. The van der Waals surface area contributed by atoms with Gasteiger partial charge in [-0.2, -0.15) is 0 Å². The van der Waals surface area contributed by atoms with Crippen molar-refractivity contribution in [3.8, 4) is 0 Å². The molecule has 6 heteroatoms. The number of aromatic nitrogens is 3. The number of rotatable bonds is 9. The molecule has 0 N–H and O–H groups in total. The Morgan fingerprint density at radius 1 is 1.17 bits per heavy atom. The summed E-state index contributed by atoms with van der Waals surface area (Å²) in [4.78, 5) is 0. The fourth-order valence-electron chi connectivity index (χ4n) is 1.65. The Morgan fingerprint density at radius 2 is 1.94 bits per heavy atom. The van der Waals surface area contributed by atoms with Crippen LogP contribution in [-0.2, 0) is 16.0 Å². The average molecular weight is 276 g/mol. The summed E-state index contributed by atoms with van der Waals surface area (Å²) in [5.74, 6) is 1.28. The van der Waals surface area contributed by atoms with Crippen LogP contribution in [-0.4, -0.2) is 41.7 Å². The van der Waals surface area contributed by atoms with Gasteiger partial charge in [-0.3, -0.25) is 0 Å². The third-order valence-electron chi connectivity index (χ3n) is 2.60. The van der Waals surface area contributed by atoms with Crippen molar-refractivity contribution in [1.82, 2.24) is 14.8 Å². The molecule has 0 aromatic carbocycles. The zero-order valence-corrected chi connectivity index (χ0v) is 12.1. The van der Waals surface area contributed by atoms with Gasteiger partial charge in [-0.1, -0.05) is 13.8 Å². The highest BCUT2D eigenvalue weighted by molar-refractivity contribution is 6.28. The van der Waals surface area contributed by atoms with Gasteiger partial charge in [-0.15, -0.1) is 10.2 Å². The highest BCUT2D eigenvalue weighted by Gasteiger charge is 2.12. The molecule has 0 bridgehead atoms. The van der Waals surface area contributed by atoms with E-state index in [-0.39, 0.29) is 0 Å².